The fourth-order valence-corrected chi connectivity index (χ4v) is 2.93. The average molecular weight is 349 g/mol. The third kappa shape index (κ3) is 4.29. The van der Waals surface area contributed by atoms with Crippen LogP contribution in [-0.2, 0) is 13.0 Å². The zero-order valence-electron chi connectivity index (χ0n) is 12.7. The van der Waals surface area contributed by atoms with Crippen LogP contribution in [0, 0.1) is 13.8 Å². The number of hydrogen-bond acceptors (Lipinski definition) is 3. The van der Waals surface area contributed by atoms with Gasteiger partial charge in [-0.05, 0) is 62.1 Å². The first-order valence-electron chi connectivity index (χ1n) is 7.05. The lowest BCUT2D eigenvalue weighted by atomic mass is 10.0. The third-order valence-corrected chi connectivity index (χ3v) is 3.79. The smallest absolute Gasteiger partial charge is 0.130 e. The summed E-state index contributed by atoms with van der Waals surface area (Å²) in [4.78, 5) is 4.37. The molecule has 0 fully saturated rings. The van der Waals surface area contributed by atoms with Gasteiger partial charge < -0.3 is 10.5 Å². The summed E-state index contributed by atoms with van der Waals surface area (Å²) < 4.78 is 7.10. The summed E-state index contributed by atoms with van der Waals surface area (Å²) in [6.07, 6.45) is 2.58. The van der Waals surface area contributed by atoms with Gasteiger partial charge in [0.05, 0.1) is 5.69 Å². The normalized spacial score (nSPS) is 12.2. The van der Waals surface area contributed by atoms with Crippen molar-refractivity contribution in [2.75, 3.05) is 0 Å². The fraction of sp³-hybridized carbons (Fsp3) is 0.353. The molecule has 2 N–H and O–H groups in total. The standard InChI is InChI=1S/C17H21BrN2O/c1-11-5-4-6-20-16(11)10-21-17-12(2)7-15(18)9-14(17)8-13(3)19/h4-7,9,13H,8,10,19H2,1-3H3. The van der Waals surface area contributed by atoms with Crippen LogP contribution in [-0.4, -0.2) is 11.0 Å². The predicted octanol–water partition coefficient (Wildman–Crippen LogP) is 3.93. The second-order valence-corrected chi connectivity index (χ2v) is 6.36. The van der Waals surface area contributed by atoms with Gasteiger partial charge in [0.25, 0.3) is 0 Å². The summed E-state index contributed by atoms with van der Waals surface area (Å²) in [5.74, 6) is 0.917. The van der Waals surface area contributed by atoms with Crippen LogP contribution in [0.5, 0.6) is 5.75 Å². The molecule has 0 aliphatic heterocycles. The molecule has 3 nitrogen and oxygen atoms in total. The molecule has 0 radical (unpaired) electrons. The molecule has 1 unspecified atom stereocenters. The Labute approximate surface area is 134 Å². The van der Waals surface area contributed by atoms with Crippen LogP contribution < -0.4 is 10.5 Å². The fourth-order valence-electron chi connectivity index (χ4n) is 2.31. The molecule has 0 saturated heterocycles. The van der Waals surface area contributed by atoms with E-state index in [1.807, 2.05) is 26.0 Å². The van der Waals surface area contributed by atoms with Gasteiger partial charge in [-0.25, -0.2) is 0 Å². The van der Waals surface area contributed by atoms with Crippen molar-refractivity contribution in [1.29, 1.82) is 0 Å². The van der Waals surface area contributed by atoms with E-state index < -0.39 is 0 Å². The lowest BCUT2D eigenvalue weighted by Gasteiger charge is -2.16. The van der Waals surface area contributed by atoms with Crippen molar-refractivity contribution in [3.63, 3.8) is 0 Å². The Morgan fingerprint density at radius 3 is 2.71 bits per heavy atom. The van der Waals surface area contributed by atoms with Crippen LogP contribution in [0.15, 0.2) is 34.9 Å². The Bertz CT molecular complexity index is 626. The van der Waals surface area contributed by atoms with Gasteiger partial charge in [0, 0.05) is 16.7 Å². The number of rotatable bonds is 5. The van der Waals surface area contributed by atoms with E-state index in [1.165, 1.54) is 0 Å². The van der Waals surface area contributed by atoms with E-state index in [2.05, 4.69) is 40.0 Å². The van der Waals surface area contributed by atoms with Crippen LogP contribution in [0.4, 0.5) is 0 Å². The molecule has 0 spiro atoms. The molecule has 112 valence electrons. The highest BCUT2D eigenvalue weighted by molar-refractivity contribution is 9.10. The van der Waals surface area contributed by atoms with Crippen molar-refractivity contribution in [3.05, 3.63) is 57.3 Å². The lowest BCUT2D eigenvalue weighted by Crippen LogP contribution is -2.18. The lowest BCUT2D eigenvalue weighted by molar-refractivity contribution is 0.294. The largest absolute Gasteiger partial charge is 0.487 e. The maximum atomic E-state index is 6.05. The first-order valence-corrected chi connectivity index (χ1v) is 7.84. The Hall–Kier alpha value is -1.39. The van der Waals surface area contributed by atoms with E-state index in [-0.39, 0.29) is 6.04 Å². The van der Waals surface area contributed by atoms with Gasteiger partial charge in [-0.2, -0.15) is 0 Å². The summed E-state index contributed by atoms with van der Waals surface area (Å²) >= 11 is 3.54. The number of pyridine rings is 1. The molecule has 0 saturated carbocycles. The van der Waals surface area contributed by atoms with Gasteiger partial charge in [0.15, 0.2) is 0 Å². The molecule has 0 aliphatic carbocycles. The van der Waals surface area contributed by atoms with E-state index in [0.29, 0.717) is 6.61 Å². The number of ether oxygens (including phenoxy) is 1. The van der Waals surface area contributed by atoms with Crippen LogP contribution in [0.3, 0.4) is 0 Å². The molecule has 21 heavy (non-hydrogen) atoms. The predicted molar refractivity (Wildman–Crippen MR) is 89.5 cm³/mol. The van der Waals surface area contributed by atoms with Crippen LogP contribution >= 0.6 is 15.9 Å². The molecule has 2 rings (SSSR count). The van der Waals surface area contributed by atoms with E-state index in [0.717, 1.165) is 39.0 Å². The molecule has 1 aromatic carbocycles. The first-order chi connectivity index (χ1) is 9.97. The van der Waals surface area contributed by atoms with E-state index >= 15 is 0 Å². The summed E-state index contributed by atoms with van der Waals surface area (Å²) in [6, 6.07) is 8.22. The molecule has 1 aromatic heterocycles. The van der Waals surface area contributed by atoms with Crippen molar-refractivity contribution in [1.82, 2.24) is 4.98 Å². The van der Waals surface area contributed by atoms with Gasteiger partial charge >= 0.3 is 0 Å². The van der Waals surface area contributed by atoms with Gasteiger partial charge in [-0.15, -0.1) is 0 Å². The number of halogens is 1. The Kier molecular flexibility index (Phi) is 5.37. The summed E-state index contributed by atoms with van der Waals surface area (Å²) in [5, 5.41) is 0. The molecule has 0 amide bonds. The number of aryl methyl sites for hydroxylation is 2. The van der Waals surface area contributed by atoms with Gasteiger partial charge in [-0.3, -0.25) is 4.98 Å². The van der Waals surface area contributed by atoms with Gasteiger partial charge in [-0.1, -0.05) is 22.0 Å². The number of nitrogens with two attached hydrogens (primary N) is 1. The quantitative estimate of drug-likeness (QED) is 0.890. The zero-order valence-corrected chi connectivity index (χ0v) is 14.3. The van der Waals surface area contributed by atoms with E-state index in [1.54, 1.807) is 6.20 Å². The Morgan fingerprint density at radius 2 is 2.05 bits per heavy atom. The SMILES string of the molecule is Cc1cccnc1COc1c(C)cc(Br)cc1CC(C)N. The second kappa shape index (κ2) is 7.05. The monoisotopic (exact) mass is 348 g/mol. The summed E-state index contributed by atoms with van der Waals surface area (Å²) in [7, 11) is 0. The summed E-state index contributed by atoms with van der Waals surface area (Å²) in [6.45, 7) is 6.57. The number of benzene rings is 1. The van der Waals surface area contributed by atoms with E-state index in [4.69, 9.17) is 10.5 Å². The second-order valence-electron chi connectivity index (χ2n) is 5.45. The number of aromatic nitrogens is 1. The van der Waals surface area contributed by atoms with Crippen LogP contribution in [0.25, 0.3) is 0 Å². The minimum absolute atomic E-state index is 0.0950. The van der Waals surface area contributed by atoms with Crippen LogP contribution in [0.2, 0.25) is 0 Å². The first kappa shape index (κ1) is 16.0. The van der Waals surface area contributed by atoms with Crippen molar-refractivity contribution in [2.24, 2.45) is 5.73 Å². The highest BCUT2D eigenvalue weighted by Crippen LogP contribution is 2.29. The maximum Gasteiger partial charge on any atom is 0.130 e. The Morgan fingerprint density at radius 1 is 1.29 bits per heavy atom. The van der Waals surface area contributed by atoms with Crippen molar-refractivity contribution in [2.45, 2.75) is 39.8 Å². The Balaban J connectivity index is 2.24. The van der Waals surface area contributed by atoms with Gasteiger partial charge in [0.2, 0.25) is 0 Å². The number of hydrogen-bond donors (Lipinski definition) is 1. The minimum Gasteiger partial charge on any atom is -0.487 e. The van der Waals surface area contributed by atoms with Crippen LogP contribution in [0.1, 0.15) is 29.3 Å². The molecule has 0 aliphatic rings. The zero-order chi connectivity index (χ0) is 15.4. The van der Waals surface area contributed by atoms with Crippen molar-refractivity contribution < 1.29 is 4.74 Å². The minimum atomic E-state index is 0.0950. The van der Waals surface area contributed by atoms with Gasteiger partial charge in [0.1, 0.15) is 12.4 Å². The average Bonchev–Trinajstić information content (AvgIpc) is 2.38. The van der Waals surface area contributed by atoms with Crippen molar-refractivity contribution >= 4 is 15.9 Å². The van der Waals surface area contributed by atoms with Crippen molar-refractivity contribution in [3.8, 4) is 5.75 Å². The summed E-state index contributed by atoms with van der Waals surface area (Å²) in [5.41, 5.74) is 10.3. The highest BCUT2D eigenvalue weighted by Gasteiger charge is 2.12. The third-order valence-electron chi connectivity index (χ3n) is 3.33. The van der Waals surface area contributed by atoms with E-state index in [9.17, 15) is 0 Å². The molecule has 0 bridgehead atoms. The maximum absolute atomic E-state index is 6.05. The number of nitrogens with zero attached hydrogens (tertiary/aromatic N) is 1. The highest BCUT2D eigenvalue weighted by atomic mass is 79.9. The molecule has 1 atom stereocenters. The molecular weight excluding hydrogens is 328 g/mol. The topological polar surface area (TPSA) is 48.1 Å². The molecular formula is C17H21BrN2O. The molecule has 2 aromatic rings. The molecule has 1 heterocycles. The molecule has 4 heteroatoms.